The van der Waals surface area contributed by atoms with E-state index in [-0.39, 0.29) is 0 Å². The fourth-order valence-electron chi connectivity index (χ4n) is 2.25. The summed E-state index contributed by atoms with van der Waals surface area (Å²) in [5, 5.41) is 3.52. The zero-order valence-electron chi connectivity index (χ0n) is 11.1. The molecule has 100 valence electrons. The molecule has 0 saturated carbocycles. The number of nitrogens with one attached hydrogen (secondary N) is 1. The summed E-state index contributed by atoms with van der Waals surface area (Å²) < 4.78 is 10.8. The maximum absolute atomic E-state index is 5.39. The summed E-state index contributed by atoms with van der Waals surface area (Å²) in [5.74, 6) is 5.20. The van der Waals surface area contributed by atoms with Crippen molar-refractivity contribution < 1.29 is 9.47 Å². The number of benzene rings is 1. The number of ether oxygens (including phenoxy) is 2. The van der Waals surface area contributed by atoms with E-state index in [4.69, 9.17) is 9.47 Å². The van der Waals surface area contributed by atoms with E-state index in [2.05, 4.69) is 17.1 Å². The standard InChI is InChI=1S/C14H21NO2S/c1-16-13-4-3-5-14(17-2)12(13)9-15-8-11-6-7-18-10-11/h3-5,11,15H,6-10H2,1-2H3/t11-/m1/s1. The van der Waals surface area contributed by atoms with Gasteiger partial charge in [-0.2, -0.15) is 11.8 Å². The highest BCUT2D eigenvalue weighted by atomic mass is 32.2. The Morgan fingerprint density at radius 2 is 2.00 bits per heavy atom. The van der Waals surface area contributed by atoms with Crippen molar-refractivity contribution in [2.75, 3.05) is 32.3 Å². The Balaban J connectivity index is 1.94. The average molecular weight is 267 g/mol. The molecule has 0 aromatic heterocycles. The van der Waals surface area contributed by atoms with Crippen molar-refractivity contribution in [3.05, 3.63) is 23.8 Å². The van der Waals surface area contributed by atoms with Gasteiger partial charge in [-0.1, -0.05) is 6.07 Å². The van der Waals surface area contributed by atoms with Crippen molar-refractivity contribution in [1.82, 2.24) is 5.32 Å². The van der Waals surface area contributed by atoms with Gasteiger partial charge in [-0.15, -0.1) is 0 Å². The molecular weight excluding hydrogens is 246 g/mol. The van der Waals surface area contributed by atoms with Crippen LogP contribution in [0.1, 0.15) is 12.0 Å². The van der Waals surface area contributed by atoms with Gasteiger partial charge in [-0.05, 0) is 42.5 Å². The van der Waals surface area contributed by atoms with Crippen LogP contribution in [0.2, 0.25) is 0 Å². The topological polar surface area (TPSA) is 30.5 Å². The van der Waals surface area contributed by atoms with Crippen LogP contribution < -0.4 is 14.8 Å². The Morgan fingerprint density at radius 1 is 1.28 bits per heavy atom. The van der Waals surface area contributed by atoms with Gasteiger partial charge in [0, 0.05) is 12.1 Å². The monoisotopic (exact) mass is 267 g/mol. The molecule has 4 heteroatoms. The van der Waals surface area contributed by atoms with E-state index < -0.39 is 0 Å². The third-order valence-electron chi connectivity index (χ3n) is 3.29. The number of hydrogen-bond acceptors (Lipinski definition) is 4. The van der Waals surface area contributed by atoms with Gasteiger partial charge < -0.3 is 14.8 Å². The lowest BCUT2D eigenvalue weighted by molar-refractivity contribution is 0.380. The van der Waals surface area contributed by atoms with Crippen LogP contribution in [0.3, 0.4) is 0 Å². The van der Waals surface area contributed by atoms with Gasteiger partial charge in [0.25, 0.3) is 0 Å². The van der Waals surface area contributed by atoms with Crippen LogP contribution in [0.4, 0.5) is 0 Å². The second kappa shape index (κ2) is 6.90. The minimum atomic E-state index is 0.800. The molecule has 1 aliphatic heterocycles. The second-order valence-corrected chi connectivity index (χ2v) is 5.65. The molecule has 0 radical (unpaired) electrons. The normalized spacial score (nSPS) is 18.9. The summed E-state index contributed by atoms with van der Waals surface area (Å²) in [6.07, 6.45) is 1.33. The molecule has 18 heavy (non-hydrogen) atoms. The van der Waals surface area contributed by atoms with E-state index in [1.165, 1.54) is 17.9 Å². The lowest BCUT2D eigenvalue weighted by Crippen LogP contribution is -2.22. The molecule has 3 nitrogen and oxygen atoms in total. The molecule has 0 amide bonds. The first-order valence-electron chi connectivity index (χ1n) is 6.33. The Bertz CT molecular complexity index is 356. The van der Waals surface area contributed by atoms with Crippen molar-refractivity contribution >= 4 is 11.8 Å². The van der Waals surface area contributed by atoms with Crippen LogP contribution in [0, 0.1) is 5.92 Å². The summed E-state index contributed by atoms with van der Waals surface area (Å²) in [6, 6.07) is 5.91. The van der Waals surface area contributed by atoms with Gasteiger partial charge in [-0.25, -0.2) is 0 Å². The summed E-state index contributed by atoms with van der Waals surface area (Å²) in [7, 11) is 3.40. The first-order chi connectivity index (χ1) is 8.85. The Labute approximate surface area is 113 Å². The molecular formula is C14H21NO2S. The zero-order valence-corrected chi connectivity index (χ0v) is 11.9. The molecule has 1 aliphatic rings. The minimum Gasteiger partial charge on any atom is -0.496 e. The molecule has 0 unspecified atom stereocenters. The van der Waals surface area contributed by atoms with Crippen molar-refractivity contribution in [3.8, 4) is 11.5 Å². The lowest BCUT2D eigenvalue weighted by atomic mass is 10.1. The van der Waals surface area contributed by atoms with Crippen LogP contribution in [-0.2, 0) is 6.54 Å². The fraction of sp³-hybridized carbons (Fsp3) is 0.571. The zero-order chi connectivity index (χ0) is 12.8. The van der Waals surface area contributed by atoms with E-state index in [0.717, 1.165) is 36.1 Å². The highest BCUT2D eigenvalue weighted by Gasteiger charge is 2.15. The Hall–Kier alpha value is -0.870. The van der Waals surface area contributed by atoms with Gasteiger partial charge in [0.15, 0.2) is 0 Å². The smallest absolute Gasteiger partial charge is 0.127 e. The SMILES string of the molecule is COc1cccc(OC)c1CNC[C@H]1CCSC1. The van der Waals surface area contributed by atoms with Gasteiger partial charge in [-0.3, -0.25) is 0 Å². The third kappa shape index (κ3) is 3.33. The van der Waals surface area contributed by atoms with Gasteiger partial charge >= 0.3 is 0 Å². The van der Waals surface area contributed by atoms with E-state index in [1.807, 2.05) is 18.2 Å². The molecule has 2 rings (SSSR count). The molecule has 1 N–H and O–H groups in total. The molecule has 1 heterocycles. The molecule has 0 spiro atoms. The fourth-order valence-corrected chi connectivity index (χ4v) is 3.53. The van der Waals surface area contributed by atoms with Crippen LogP contribution in [0.25, 0.3) is 0 Å². The van der Waals surface area contributed by atoms with Gasteiger partial charge in [0.2, 0.25) is 0 Å². The lowest BCUT2D eigenvalue weighted by Gasteiger charge is -2.15. The molecule has 0 bridgehead atoms. The maximum Gasteiger partial charge on any atom is 0.127 e. The molecule has 1 fully saturated rings. The number of methoxy groups -OCH3 is 2. The van der Waals surface area contributed by atoms with Gasteiger partial charge in [0.1, 0.15) is 11.5 Å². The third-order valence-corrected chi connectivity index (χ3v) is 4.52. The van der Waals surface area contributed by atoms with Crippen LogP contribution in [-0.4, -0.2) is 32.3 Å². The molecule has 1 aromatic rings. The first-order valence-corrected chi connectivity index (χ1v) is 7.49. The predicted molar refractivity (Wildman–Crippen MR) is 76.7 cm³/mol. The van der Waals surface area contributed by atoms with Gasteiger partial charge in [0.05, 0.1) is 14.2 Å². The van der Waals surface area contributed by atoms with E-state index in [0.29, 0.717) is 0 Å². The summed E-state index contributed by atoms with van der Waals surface area (Å²) in [5.41, 5.74) is 1.10. The Morgan fingerprint density at radius 3 is 2.56 bits per heavy atom. The van der Waals surface area contributed by atoms with E-state index in [9.17, 15) is 0 Å². The van der Waals surface area contributed by atoms with Crippen molar-refractivity contribution in [2.45, 2.75) is 13.0 Å². The summed E-state index contributed by atoms with van der Waals surface area (Å²) in [4.78, 5) is 0. The average Bonchev–Trinajstić information content (AvgIpc) is 2.92. The molecule has 1 aromatic carbocycles. The Kier molecular flexibility index (Phi) is 5.20. The maximum atomic E-state index is 5.39. The summed E-state index contributed by atoms with van der Waals surface area (Å²) >= 11 is 2.05. The molecule has 1 saturated heterocycles. The summed E-state index contributed by atoms with van der Waals surface area (Å²) in [6.45, 7) is 1.88. The van der Waals surface area contributed by atoms with Crippen LogP contribution >= 0.6 is 11.8 Å². The van der Waals surface area contributed by atoms with Crippen LogP contribution in [0.5, 0.6) is 11.5 Å². The van der Waals surface area contributed by atoms with Crippen molar-refractivity contribution in [2.24, 2.45) is 5.92 Å². The quantitative estimate of drug-likeness (QED) is 0.858. The molecule has 1 atom stereocenters. The second-order valence-electron chi connectivity index (χ2n) is 4.50. The minimum absolute atomic E-state index is 0.800. The highest BCUT2D eigenvalue weighted by molar-refractivity contribution is 7.99. The van der Waals surface area contributed by atoms with E-state index >= 15 is 0 Å². The number of hydrogen-bond donors (Lipinski definition) is 1. The number of rotatable bonds is 6. The van der Waals surface area contributed by atoms with E-state index in [1.54, 1.807) is 14.2 Å². The molecule has 0 aliphatic carbocycles. The van der Waals surface area contributed by atoms with Crippen molar-refractivity contribution in [1.29, 1.82) is 0 Å². The largest absolute Gasteiger partial charge is 0.496 e. The number of thioether (sulfide) groups is 1. The predicted octanol–water partition coefficient (Wildman–Crippen LogP) is 2.55. The highest BCUT2D eigenvalue weighted by Crippen LogP contribution is 2.28. The van der Waals surface area contributed by atoms with Crippen molar-refractivity contribution in [3.63, 3.8) is 0 Å². The van der Waals surface area contributed by atoms with Crippen LogP contribution in [0.15, 0.2) is 18.2 Å². The first kappa shape index (κ1) is 13.6.